The number of ketones is 2. The first kappa shape index (κ1) is 14.2. The summed E-state index contributed by atoms with van der Waals surface area (Å²) in [6.45, 7) is 0.620. The van der Waals surface area contributed by atoms with Gasteiger partial charge in [-0.05, 0) is 12.0 Å². The molecular formula is C16H17NO3. The van der Waals surface area contributed by atoms with E-state index in [9.17, 15) is 14.7 Å². The van der Waals surface area contributed by atoms with E-state index in [1.165, 1.54) is 5.56 Å². The molecular weight excluding hydrogens is 254 g/mol. The summed E-state index contributed by atoms with van der Waals surface area (Å²) in [5.74, 6) is -0.670. The lowest BCUT2D eigenvalue weighted by molar-refractivity contribution is -0.116. The Morgan fingerprint density at radius 3 is 2.45 bits per heavy atom. The van der Waals surface area contributed by atoms with Gasteiger partial charge < -0.3 is 5.11 Å². The van der Waals surface area contributed by atoms with Gasteiger partial charge in [-0.1, -0.05) is 30.3 Å². The lowest BCUT2D eigenvalue weighted by Gasteiger charge is -1.99. The molecule has 0 amide bonds. The summed E-state index contributed by atoms with van der Waals surface area (Å²) in [7, 11) is 0. The van der Waals surface area contributed by atoms with Crippen molar-refractivity contribution in [2.75, 3.05) is 6.54 Å². The van der Waals surface area contributed by atoms with Crippen LogP contribution >= 0.6 is 0 Å². The largest absolute Gasteiger partial charge is 0.511 e. The molecule has 0 bridgehead atoms. The molecule has 4 nitrogen and oxygen atoms in total. The van der Waals surface area contributed by atoms with Gasteiger partial charge in [0.1, 0.15) is 5.76 Å². The highest BCUT2D eigenvalue weighted by molar-refractivity contribution is 6.25. The second-order valence-corrected chi connectivity index (χ2v) is 4.70. The Balaban J connectivity index is 1.83. The summed E-state index contributed by atoms with van der Waals surface area (Å²) in [4.78, 5) is 27.0. The van der Waals surface area contributed by atoms with E-state index in [1.54, 1.807) is 6.21 Å². The van der Waals surface area contributed by atoms with Gasteiger partial charge in [-0.25, -0.2) is 0 Å². The molecule has 104 valence electrons. The quantitative estimate of drug-likeness (QED) is 0.387. The normalized spacial score (nSPS) is 15.3. The van der Waals surface area contributed by atoms with Crippen LogP contribution < -0.4 is 0 Å². The zero-order valence-corrected chi connectivity index (χ0v) is 11.2. The molecule has 1 saturated carbocycles. The number of hydrogen-bond donors (Lipinski definition) is 1. The number of allylic oxidation sites excluding steroid dienone is 2. The number of benzene rings is 1. The summed E-state index contributed by atoms with van der Waals surface area (Å²) < 4.78 is 0. The molecule has 4 heteroatoms. The monoisotopic (exact) mass is 271 g/mol. The lowest BCUT2D eigenvalue weighted by atomic mass is 10.1. The molecule has 0 spiro atoms. The number of aliphatic hydroxyl groups excluding tert-OH is 1. The molecule has 1 aliphatic carbocycles. The second-order valence-electron chi connectivity index (χ2n) is 4.70. The fourth-order valence-corrected chi connectivity index (χ4v) is 2.14. The number of carbonyl (C=O) groups is 2. The average molecular weight is 271 g/mol. The average Bonchev–Trinajstić information content (AvgIpc) is 2.79. The predicted molar refractivity (Wildman–Crippen MR) is 77.0 cm³/mol. The second kappa shape index (κ2) is 6.80. The van der Waals surface area contributed by atoms with Crippen molar-refractivity contribution in [3.05, 3.63) is 47.2 Å². The third-order valence-electron chi connectivity index (χ3n) is 3.21. The van der Waals surface area contributed by atoms with Gasteiger partial charge in [-0.15, -0.1) is 0 Å². The van der Waals surface area contributed by atoms with E-state index >= 15 is 0 Å². The van der Waals surface area contributed by atoms with Crippen molar-refractivity contribution in [3.63, 3.8) is 0 Å². The van der Waals surface area contributed by atoms with Gasteiger partial charge in [-0.3, -0.25) is 14.6 Å². The molecule has 0 radical (unpaired) electrons. The molecule has 1 aromatic rings. The summed E-state index contributed by atoms with van der Waals surface area (Å²) in [5, 5.41) is 9.75. The van der Waals surface area contributed by atoms with Crippen LogP contribution in [0.3, 0.4) is 0 Å². The summed E-state index contributed by atoms with van der Waals surface area (Å²) in [6.07, 6.45) is 2.95. The molecule has 0 atom stereocenters. The van der Waals surface area contributed by atoms with Gasteiger partial charge in [0, 0.05) is 32.0 Å². The first-order chi connectivity index (χ1) is 9.68. The fraction of sp³-hybridized carbons (Fsp3) is 0.312. The third kappa shape index (κ3) is 3.63. The molecule has 20 heavy (non-hydrogen) atoms. The van der Waals surface area contributed by atoms with Crippen LogP contribution in [-0.4, -0.2) is 29.4 Å². The van der Waals surface area contributed by atoms with E-state index in [1.807, 2.05) is 30.3 Å². The molecule has 2 rings (SSSR count). The van der Waals surface area contributed by atoms with Gasteiger partial charge in [0.05, 0.1) is 5.57 Å². The Labute approximate surface area is 117 Å². The van der Waals surface area contributed by atoms with Crippen molar-refractivity contribution in [2.45, 2.75) is 25.7 Å². The minimum Gasteiger partial charge on any atom is -0.511 e. The van der Waals surface area contributed by atoms with Crippen LogP contribution in [0.2, 0.25) is 0 Å². The number of carbonyl (C=O) groups excluding carboxylic acids is 2. The van der Waals surface area contributed by atoms with E-state index in [2.05, 4.69) is 4.99 Å². The predicted octanol–water partition coefficient (Wildman–Crippen LogP) is 2.43. The summed E-state index contributed by atoms with van der Waals surface area (Å²) >= 11 is 0. The highest BCUT2D eigenvalue weighted by Gasteiger charge is 2.29. The molecule has 0 aliphatic heterocycles. The van der Waals surface area contributed by atoms with Gasteiger partial charge in [-0.2, -0.15) is 0 Å². The minimum absolute atomic E-state index is 0.0282. The highest BCUT2D eigenvalue weighted by Crippen LogP contribution is 2.20. The first-order valence-electron chi connectivity index (χ1n) is 6.69. The van der Waals surface area contributed by atoms with E-state index in [4.69, 9.17) is 0 Å². The lowest BCUT2D eigenvalue weighted by Crippen LogP contribution is -2.05. The van der Waals surface area contributed by atoms with E-state index in [0.29, 0.717) is 6.54 Å². The van der Waals surface area contributed by atoms with Crippen molar-refractivity contribution < 1.29 is 14.7 Å². The highest BCUT2D eigenvalue weighted by atomic mass is 16.3. The smallest absolute Gasteiger partial charge is 0.170 e. The maximum absolute atomic E-state index is 11.4. The minimum atomic E-state index is -0.259. The SMILES string of the molecule is O=C1CCC(=O)C1=C(O)CC=NCCc1ccccc1. The molecule has 0 heterocycles. The number of rotatable bonds is 5. The van der Waals surface area contributed by atoms with Crippen LogP contribution in [0, 0.1) is 0 Å². The summed E-state index contributed by atoms with van der Waals surface area (Å²) in [6, 6.07) is 9.99. The van der Waals surface area contributed by atoms with Crippen LogP contribution in [0.15, 0.2) is 46.7 Å². The Morgan fingerprint density at radius 1 is 1.15 bits per heavy atom. The van der Waals surface area contributed by atoms with Crippen LogP contribution in [0.5, 0.6) is 0 Å². The molecule has 0 saturated heterocycles. The Morgan fingerprint density at radius 2 is 1.80 bits per heavy atom. The van der Waals surface area contributed by atoms with Crippen molar-refractivity contribution >= 4 is 17.8 Å². The molecule has 1 N–H and O–H groups in total. The van der Waals surface area contributed by atoms with E-state index < -0.39 is 0 Å². The maximum Gasteiger partial charge on any atom is 0.170 e. The van der Waals surface area contributed by atoms with Crippen molar-refractivity contribution in [2.24, 2.45) is 4.99 Å². The standard InChI is InChI=1S/C16H17NO3/c18-13-6-7-14(19)16(13)15(20)9-11-17-10-8-12-4-2-1-3-5-12/h1-5,11,20H,6-10H2. The molecule has 1 aromatic carbocycles. The van der Waals surface area contributed by atoms with Gasteiger partial charge in [0.15, 0.2) is 11.6 Å². The van der Waals surface area contributed by atoms with E-state index in [0.717, 1.165) is 6.42 Å². The Bertz CT molecular complexity index is 540. The van der Waals surface area contributed by atoms with Gasteiger partial charge >= 0.3 is 0 Å². The first-order valence-corrected chi connectivity index (χ1v) is 6.69. The zero-order valence-electron chi connectivity index (χ0n) is 11.2. The van der Waals surface area contributed by atoms with Crippen molar-refractivity contribution in [3.8, 4) is 0 Å². The van der Waals surface area contributed by atoms with Gasteiger partial charge in [0.2, 0.25) is 0 Å². The molecule has 0 unspecified atom stereocenters. The number of nitrogens with zero attached hydrogens (tertiary/aromatic N) is 1. The molecule has 0 aromatic heterocycles. The molecule has 1 fully saturated rings. The zero-order chi connectivity index (χ0) is 14.4. The van der Waals surface area contributed by atoms with Crippen LogP contribution in [0.4, 0.5) is 0 Å². The van der Waals surface area contributed by atoms with Crippen LogP contribution in [0.1, 0.15) is 24.8 Å². The van der Waals surface area contributed by atoms with Gasteiger partial charge in [0.25, 0.3) is 0 Å². The fourth-order valence-electron chi connectivity index (χ4n) is 2.14. The van der Waals surface area contributed by atoms with Crippen LogP contribution in [0.25, 0.3) is 0 Å². The molecule has 1 aliphatic rings. The number of aliphatic hydroxyl groups is 1. The number of Topliss-reactive ketones (excluding diaryl/α,β-unsaturated/α-hetero) is 2. The van der Waals surface area contributed by atoms with Crippen molar-refractivity contribution in [1.82, 2.24) is 0 Å². The van der Waals surface area contributed by atoms with Crippen LogP contribution in [-0.2, 0) is 16.0 Å². The maximum atomic E-state index is 11.4. The van der Waals surface area contributed by atoms with Crippen molar-refractivity contribution in [1.29, 1.82) is 0 Å². The Kier molecular flexibility index (Phi) is 4.82. The summed E-state index contributed by atoms with van der Waals surface area (Å²) in [5.41, 5.74) is 1.17. The van der Waals surface area contributed by atoms with E-state index in [-0.39, 0.29) is 42.2 Å². The number of hydrogen-bond acceptors (Lipinski definition) is 4. The third-order valence-corrected chi connectivity index (χ3v) is 3.21. The number of aliphatic imine (C=N–C) groups is 1. The Hall–Kier alpha value is -2.23. The topological polar surface area (TPSA) is 66.7 Å².